The minimum atomic E-state index is -0.934. The maximum Gasteiger partial charge on any atom is 0.326 e. The summed E-state index contributed by atoms with van der Waals surface area (Å²) in [4.78, 5) is 12.2. The molecule has 0 bridgehead atoms. The van der Waals surface area contributed by atoms with Crippen LogP contribution >= 0.6 is 0 Å². The molecule has 0 spiro atoms. The quantitative estimate of drug-likeness (QED) is 0.775. The molecule has 20 heavy (non-hydrogen) atoms. The van der Waals surface area contributed by atoms with Gasteiger partial charge in [-0.05, 0) is 48.6 Å². The van der Waals surface area contributed by atoms with Crippen LogP contribution in [0.1, 0.15) is 42.7 Å². The fourth-order valence-corrected chi connectivity index (χ4v) is 4.21. The predicted octanol–water partition coefficient (Wildman–Crippen LogP) is 3.20. The van der Waals surface area contributed by atoms with Crippen LogP contribution in [0.25, 0.3) is 0 Å². The van der Waals surface area contributed by atoms with Gasteiger partial charge >= 0.3 is 5.97 Å². The van der Waals surface area contributed by atoms with E-state index >= 15 is 0 Å². The molecule has 0 N–H and O–H groups in total. The summed E-state index contributed by atoms with van der Waals surface area (Å²) in [6.07, 6.45) is 4.62. The first-order valence-corrected chi connectivity index (χ1v) is 7.30. The van der Waals surface area contributed by atoms with E-state index in [1.807, 2.05) is 0 Å². The van der Waals surface area contributed by atoms with E-state index in [1.54, 1.807) is 0 Å². The molecule has 104 valence electrons. The Labute approximate surface area is 119 Å². The lowest BCUT2D eigenvalue weighted by Crippen LogP contribution is -2.37. The van der Waals surface area contributed by atoms with Gasteiger partial charge in [-0.1, -0.05) is 30.7 Å². The Morgan fingerprint density at radius 2 is 2.20 bits per heavy atom. The molecule has 0 radical (unpaired) electrons. The number of hydrogen-bond donors (Lipinski definition) is 0. The van der Waals surface area contributed by atoms with Crippen molar-refractivity contribution in [2.45, 2.75) is 38.0 Å². The predicted molar refractivity (Wildman–Crippen MR) is 74.9 cm³/mol. The van der Waals surface area contributed by atoms with E-state index in [0.29, 0.717) is 12.3 Å². The van der Waals surface area contributed by atoms with Gasteiger partial charge in [0.2, 0.25) is 0 Å². The fourth-order valence-electron chi connectivity index (χ4n) is 4.21. The highest BCUT2D eigenvalue weighted by Crippen LogP contribution is 2.54. The topological polar surface area (TPSA) is 50.1 Å². The first kappa shape index (κ1) is 13.2. The third-order valence-corrected chi connectivity index (χ3v) is 5.13. The Balaban J connectivity index is 1.98. The van der Waals surface area contributed by atoms with Crippen molar-refractivity contribution in [3.8, 4) is 6.07 Å². The number of nitriles is 1. The van der Waals surface area contributed by atoms with Gasteiger partial charge in [-0.3, -0.25) is 4.79 Å². The van der Waals surface area contributed by atoms with Crippen molar-refractivity contribution in [3.63, 3.8) is 0 Å². The summed E-state index contributed by atoms with van der Waals surface area (Å²) < 4.78 is 4.94. The van der Waals surface area contributed by atoms with Gasteiger partial charge in [-0.2, -0.15) is 5.26 Å². The third kappa shape index (κ3) is 1.75. The van der Waals surface area contributed by atoms with Crippen molar-refractivity contribution in [2.24, 2.45) is 11.3 Å². The first-order chi connectivity index (χ1) is 9.73. The van der Waals surface area contributed by atoms with Crippen LogP contribution in [0.4, 0.5) is 0 Å². The number of carbonyl (C=O) groups is 1. The maximum absolute atomic E-state index is 12.2. The maximum atomic E-state index is 12.2. The van der Waals surface area contributed by atoms with Crippen LogP contribution < -0.4 is 0 Å². The van der Waals surface area contributed by atoms with Crippen molar-refractivity contribution in [2.75, 3.05) is 7.11 Å². The molecule has 0 aromatic heterocycles. The molecule has 0 saturated heterocycles. The van der Waals surface area contributed by atoms with Gasteiger partial charge in [0, 0.05) is 0 Å². The smallest absolute Gasteiger partial charge is 0.326 e. The summed E-state index contributed by atoms with van der Waals surface area (Å²) in [7, 11) is 1.39. The van der Waals surface area contributed by atoms with E-state index in [1.165, 1.54) is 18.2 Å². The Kier molecular flexibility index (Phi) is 3.25. The van der Waals surface area contributed by atoms with Crippen LogP contribution in [0.3, 0.4) is 0 Å². The second-order valence-corrected chi connectivity index (χ2v) is 5.92. The highest BCUT2D eigenvalue weighted by Gasteiger charge is 2.54. The molecule has 3 atom stereocenters. The monoisotopic (exact) mass is 269 g/mol. The van der Waals surface area contributed by atoms with Crippen LogP contribution in [0.2, 0.25) is 0 Å². The van der Waals surface area contributed by atoms with E-state index in [9.17, 15) is 10.1 Å². The highest BCUT2D eigenvalue weighted by molar-refractivity contribution is 5.81. The molecule has 2 aliphatic rings. The molecule has 3 nitrogen and oxygen atoms in total. The number of fused-ring (bicyclic) bond motifs is 1. The van der Waals surface area contributed by atoms with E-state index < -0.39 is 5.41 Å². The van der Waals surface area contributed by atoms with E-state index in [4.69, 9.17) is 4.74 Å². The van der Waals surface area contributed by atoms with Gasteiger partial charge in [0.1, 0.15) is 0 Å². The SMILES string of the molecule is COC(=O)C1(C#N)CCC[C@H]1[C@@H]1CCc2ccccc21. The van der Waals surface area contributed by atoms with E-state index in [0.717, 1.165) is 25.7 Å². The average Bonchev–Trinajstić information content (AvgIpc) is 3.10. The standard InChI is InChI=1S/C17H19NO2/c1-20-16(19)17(11-18)10-4-7-15(17)14-9-8-12-5-2-3-6-13(12)14/h2-3,5-6,14-15H,4,7-10H2,1H3/t14-,15+,17?/m1/s1. The largest absolute Gasteiger partial charge is 0.468 e. The van der Waals surface area contributed by atoms with Crippen LogP contribution in [-0.4, -0.2) is 13.1 Å². The Hall–Kier alpha value is -1.82. The number of hydrogen-bond acceptors (Lipinski definition) is 3. The lowest BCUT2D eigenvalue weighted by atomic mass is 9.70. The van der Waals surface area contributed by atoms with Gasteiger partial charge in [-0.25, -0.2) is 0 Å². The summed E-state index contributed by atoms with van der Waals surface area (Å²) in [5.41, 5.74) is 1.78. The number of nitrogens with zero attached hydrogens (tertiary/aromatic N) is 1. The fraction of sp³-hybridized carbons (Fsp3) is 0.529. The number of carbonyl (C=O) groups excluding carboxylic acids is 1. The molecule has 1 aromatic carbocycles. The Morgan fingerprint density at radius 3 is 2.95 bits per heavy atom. The molecule has 3 heteroatoms. The van der Waals surface area contributed by atoms with Crippen molar-refractivity contribution in [1.82, 2.24) is 0 Å². The summed E-state index contributed by atoms with van der Waals surface area (Å²) in [5, 5.41) is 9.65. The molecule has 0 amide bonds. The first-order valence-electron chi connectivity index (χ1n) is 7.30. The number of aryl methyl sites for hydroxylation is 1. The van der Waals surface area contributed by atoms with Gasteiger partial charge in [-0.15, -0.1) is 0 Å². The lowest BCUT2D eigenvalue weighted by Gasteiger charge is -2.31. The average molecular weight is 269 g/mol. The van der Waals surface area contributed by atoms with Crippen molar-refractivity contribution in [1.29, 1.82) is 5.26 Å². The van der Waals surface area contributed by atoms with Gasteiger partial charge in [0.25, 0.3) is 0 Å². The van der Waals surface area contributed by atoms with Crippen molar-refractivity contribution >= 4 is 5.97 Å². The van der Waals surface area contributed by atoms with E-state index in [-0.39, 0.29) is 11.9 Å². The van der Waals surface area contributed by atoms with Crippen molar-refractivity contribution < 1.29 is 9.53 Å². The van der Waals surface area contributed by atoms with Gasteiger partial charge < -0.3 is 4.74 Å². The number of benzene rings is 1. The molecule has 1 aromatic rings. The molecular formula is C17H19NO2. The molecule has 2 aliphatic carbocycles. The Bertz CT molecular complexity index is 575. The van der Waals surface area contributed by atoms with Gasteiger partial charge in [0.15, 0.2) is 5.41 Å². The summed E-state index contributed by atoms with van der Waals surface area (Å²) in [6, 6.07) is 10.7. The number of esters is 1. The summed E-state index contributed by atoms with van der Waals surface area (Å²) in [5.74, 6) is 0.0860. The molecule has 3 rings (SSSR count). The normalized spacial score (nSPS) is 31.6. The van der Waals surface area contributed by atoms with Gasteiger partial charge in [0.05, 0.1) is 13.2 Å². The number of rotatable bonds is 2. The molecule has 1 saturated carbocycles. The molecule has 1 unspecified atom stereocenters. The zero-order chi connectivity index (χ0) is 14.2. The minimum Gasteiger partial charge on any atom is -0.468 e. The molecule has 1 fully saturated rings. The zero-order valence-corrected chi connectivity index (χ0v) is 11.8. The van der Waals surface area contributed by atoms with Crippen LogP contribution in [-0.2, 0) is 16.0 Å². The highest BCUT2D eigenvalue weighted by atomic mass is 16.5. The number of methoxy groups -OCH3 is 1. The van der Waals surface area contributed by atoms with Crippen LogP contribution in [0.15, 0.2) is 24.3 Å². The third-order valence-electron chi connectivity index (χ3n) is 5.13. The number of ether oxygens (including phenoxy) is 1. The Morgan fingerprint density at radius 1 is 1.40 bits per heavy atom. The molecule has 0 heterocycles. The lowest BCUT2D eigenvalue weighted by molar-refractivity contribution is -0.151. The van der Waals surface area contributed by atoms with Crippen molar-refractivity contribution in [3.05, 3.63) is 35.4 Å². The second kappa shape index (κ2) is 4.94. The molecule has 0 aliphatic heterocycles. The summed E-state index contributed by atoms with van der Waals surface area (Å²) >= 11 is 0. The zero-order valence-electron chi connectivity index (χ0n) is 11.8. The second-order valence-electron chi connectivity index (χ2n) is 5.92. The van der Waals surface area contributed by atoms with Crippen LogP contribution in [0.5, 0.6) is 0 Å². The summed E-state index contributed by atoms with van der Waals surface area (Å²) in [6.45, 7) is 0. The molecular weight excluding hydrogens is 250 g/mol. The minimum absolute atomic E-state index is 0.101. The van der Waals surface area contributed by atoms with E-state index in [2.05, 4.69) is 30.3 Å². The van der Waals surface area contributed by atoms with Crippen LogP contribution in [0, 0.1) is 22.7 Å².